The lowest BCUT2D eigenvalue weighted by atomic mass is 10.2. The zero-order valence-electron chi connectivity index (χ0n) is 15.9. The van der Waals surface area contributed by atoms with E-state index in [2.05, 4.69) is 5.32 Å². The van der Waals surface area contributed by atoms with Crippen LogP contribution in [0.4, 0.5) is 10.5 Å². The van der Waals surface area contributed by atoms with E-state index in [9.17, 15) is 24.0 Å². The highest BCUT2D eigenvalue weighted by Crippen LogP contribution is 2.23. The Bertz CT molecular complexity index is 842. The minimum atomic E-state index is -1.06. The SMILES string of the molecule is C[C@H](OC(=O)c1cccc(N2CCCC2=O)c1)C(=O)NCCN1C(=O)CSC1=O. The molecule has 2 fully saturated rings. The summed E-state index contributed by atoms with van der Waals surface area (Å²) in [6.45, 7) is 2.19. The number of hydrogen-bond donors (Lipinski definition) is 1. The van der Waals surface area contributed by atoms with Crippen molar-refractivity contribution < 1.29 is 28.7 Å². The van der Waals surface area contributed by atoms with Gasteiger partial charge in [-0.05, 0) is 31.5 Å². The average Bonchev–Trinajstić information content (AvgIpc) is 3.27. The first-order valence-corrected chi connectivity index (χ1v) is 10.2. The quantitative estimate of drug-likeness (QED) is 0.660. The number of amides is 4. The van der Waals surface area contributed by atoms with Gasteiger partial charge in [0.25, 0.3) is 11.1 Å². The normalized spacial score (nSPS) is 17.6. The molecule has 3 rings (SSSR count). The van der Waals surface area contributed by atoms with E-state index >= 15 is 0 Å². The van der Waals surface area contributed by atoms with E-state index in [-0.39, 0.29) is 41.5 Å². The third kappa shape index (κ3) is 4.94. The Morgan fingerprint density at radius 3 is 2.69 bits per heavy atom. The molecule has 2 aliphatic rings. The van der Waals surface area contributed by atoms with Gasteiger partial charge in [0.15, 0.2) is 6.10 Å². The molecule has 1 aromatic carbocycles. The summed E-state index contributed by atoms with van der Waals surface area (Å²) in [5.74, 6) is -1.37. The predicted molar refractivity (Wildman–Crippen MR) is 105 cm³/mol. The number of anilines is 1. The van der Waals surface area contributed by atoms with Crippen LogP contribution in [0, 0.1) is 0 Å². The van der Waals surface area contributed by atoms with Crippen LogP contribution in [0.5, 0.6) is 0 Å². The summed E-state index contributed by atoms with van der Waals surface area (Å²) in [6, 6.07) is 6.53. The molecule has 1 atom stereocenters. The first-order valence-electron chi connectivity index (χ1n) is 9.23. The third-order valence-corrected chi connectivity index (χ3v) is 5.45. The number of hydrogen-bond acceptors (Lipinski definition) is 7. The fourth-order valence-corrected chi connectivity index (χ4v) is 3.79. The molecule has 0 unspecified atom stereocenters. The summed E-state index contributed by atoms with van der Waals surface area (Å²) < 4.78 is 5.20. The maximum absolute atomic E-state index is 12.4. The van der Waals surface area contributed by atoms with Gasteiger partial charge in [-0.25, -0.2) is 4.79 Å². The van der Waals surface area contributed by atoms with Gasteiger partial charge in [0, 0.05) is 31.7 Å². The predicted octanol–water partition coefficient (Wildman–Crippen LogP) is 1.17. The molecule has 0 aromatic heterocycles. The van der Waals surface area contributed by atoms with Crippen LogP contribution >= 0.6 is 11.8 Å². The second-order valence-electron chi connectivity index (χ2n) is 6.64. The number of esters is 1. The van der Waals surface area contributed by atoms with Crippen LogP contribution in [-0.4, -0.2) is 65.3 Å². The highest BCUT2D eigenvalue weighted by molar-refractivity contribution is 8.14. The molecule has 4 amide bonds. The van der Waals surface area contributed by atoms with Gasteiger partial charge in [0.2, 0.25) is 11.8 Å². The zero-order chi connectivity index (χ0) is 21.0. The van der Waals surface area contributed by atoms with Crippen LogP contribution in [0.25, 0.3) is 0 Å². The largest absolute Gasteiger partial charge is 0.449 e. The number of benzene rings is 1. The van der Waals surface area contributed by atoms with E-state index in [1.54, 1.807) is 29.2 Å². The fourth-order valence-electron chi connectivity index (χ4n) is 3.04. The molecule has 1 N–H and O–H groups in total. The lowest BCUT2D eigenvalue weighted by Gasteiger charge is -2.18. The molecule has 29 heavy (non-hydrogen) atoms. The van der Waals surface area contributed by atoms with Crippen LogP contribution < -0.4 is 10.2 Å². The van der Waals surface area contributed by atoms with Gasteiger partial charge in [-0.15, -0.1) is 0 Å². The molecular formula is C19H21N3O6S. The number of carbonyl (C=O) groups excluding carboxylic acids is 5. The summed E-state index contributed by atoms with van der Waals surface area (Å²) in [5.41, 5.74) is 0.865. The molecule has 0 aliphatic carbocycles. The van der Waals surface area contributed by atoms with Crippen molar-refractivity contribution in [2.45, 2.75) is 25.9 Å². The highest BCUT2D eigenvalue weighted by atomic mass is 32.2. The minimum absolute atomic E-state index is 0.0108. The molecular weight excluding hydrogens is 398 g/mol. The Balaban J connectivity index is 1.50. The second kappa shape index (κ2) is 9.08. The number of nitrogens with one attached hydrogen (secondary N) is 1. The second-order valence-corrected chi connectivity index (χ2v) is 7.56. The van der Waals surface area contributed by atoms with Crippen molar-refractivity contribution in [2.24, 2.45) is 0 Å². The van der Waals surface area contributed by atoms with Crippen molar-refractivity contribution in [3.05, 3.63) is 29.8 Å². The molecule has 9 nitrogen and oxygen atoms in total. The van der Waals surface area contributed by atoms with Crippen LogP contribution in [0.2, 0.25) is 0 Å². The lowest BCUT2D eigenvalue weighted by molar-refractivity contribution is -0.130. The van der Waals surface area contributed by atoms with Gasteiger partial charge in [0.05, 0.1) is 11.3 Å². The molecule has 2 heterocycles. The summed E-state index contributed by atoms with van der Waals surface area (Å²) in [6.07, 6.45) is 0.205. The monoisotopic (exact) mass is 419 g/mol. The minimum Gasteiger partial charge on any atom is -0.449 e. The van der Waals surface area contributed by atoms with Gasteiger partial charge in [-0.2, -0.15) is 0 Å². The Morgan fingerprint density at radius 2 is 2.03 bits per heavy atom. The van der Waals surface area contributed by atoms with Gasteiger partial charge in [-0.3, -0.25) is 24.1 Å². The molecule has 1 aromatic rings. The maximum atomic E-state index is 12.4. The van der Waals surface area contributed by atoms with Crippen molar-refractivity contribution in [3.8, 4) is 0 Å². The van der Waals surface area contributed by atoms with Gasteiger partial charge < -0.3 is 15.0 Å². The van der Waals surface area contributed by atoms with Crippen molar-refractivity contribution in [1.29, 1.82) is 0 Å². The summed E-state index contributed by atoms with van der Waals surface area (Å²) in [4.78, 5) is 62.1. The molecule has 0 spiro atoms. The number of thioether (sulfide) groups is 1. The number of nitrogens with zero attached hydrogens (tertiary/aromatic N) is 2. The fraction of sp³-hybridized carbons (Fsp3) is 0.421. The Morgan fingerprint density at radius 1 is 1.24 bits per heavy atom. The van der Waals surface area contributed by atoms with Gasteiger partial charge in [-0.1, -0.05) is 17.8 Å². The van der Waals surface area contributed by atoms with Crippen LogP contribution in [-0.2, 0) is 19.1 Å². The molecule has 0 saturated carbocycles. The topological polar surface area (TPSA) is 113 Å². The van der Waals surface area contributed by atoms with Gasteiger partial charge >= 0.3 is 5.97 Å². The Labute approximate surface area is 171 Å². The third-order valence-electron chi connectivity index (χ3n) is 4.60. The van der Waals surface area contributed by atoms with Crippen molar-refractivity contribution in [1.82, 2.24) is 10.2 Å². The van der Waals surface area contributed by atoms with Crippen LogP contribution in [0.1, 0.15) is 30.1 Å². The summed E-state index contributed by atoms with van der Waals surface area (Å²) in [7, 11) is 0. The highest BCUT2D eigenvalue weighted by Gasteiger charge is 2.29. The molecule has 0 radical (unpaired) electrons. The van der Waals surface area contributed by atoms with E-state index in [0.29, 0.717) is 18.7 Å². The summed E-state index contributed by atoms with van der Waals surface area (Å²) >= 11 is 0.926. The van der Waals surface area contributed by atoms with E-state index < -0.39 is 18.0 Å². The molecule has 0 bridgehead atoms. The maximum Gasteiger partial charge on any atom is 0.338 e. The van der Waals surface area contributed by atoms with E-state index in [4.69, 9.17) is 4.74 Å². The number of imide groups is 1. The zero-order valence-corrected chi connectivity index (χ0v) is 16.7. The van der Waals surface area contributed by atoms with Crippen LogP contribution in [0.15, 0.2) is 24.3 Å². The lowest BCUT2D eigenvalue weighted by Crippen LogP contribution is -2.41. The van der Waals surface area contributed by atoms with Crippen molar-refractivity contribution >= 4 is 46.4 Å². The average molecular weight is 419 g/mol. The van der Waals surface area contributed by atoms with Crippen molar-refractivity contribution in [3.63, 3.8) is 0 Å². The number of ether oxygens (including phenoxy) is 1. The van der Waals surface area contributed by atoms with Gasteiger partial charge in [0.1, 0.15) is 0 Å². The molecule has 10 heteroatoms. The number of carbonyl (C=O) groups is 5. The number of rotatable bonds is 7. The molecule has 2 aliphatic heterocycles. The first kappa shape index (κ1) is 20.8. The summed E-state index contributed by atoms with van der Waals surface area (Å²) in [5, 5.41) is 2.21. The Hall–Kier alpha value is -2.88. The van der Waals surface area contributed by atoms with E-state index in [1.807, 2.05) is 0 Å². The smallest absolute Gasteiger partial charge is 0.338 e. The Kier molecular flexibility index (Phi) is 6.53. The van der Waals surface area contributed by atoms with Crippen LogP contribution in [0.3, 0.4) is 0 Å². The van der Waals surface area contributed by atoms with Crippen molar-refractivity contribution in [2.75, 3.05) is 30.3 Å². The van der Waals surface area contributed by atoms with E-state index in [0.717, 1.165) is 23.1 Å². The standard InChI is InChI=1S/C19H21N3O6S/c1-12(17(25)20-7-9-22-16(24)11-29-19(22)27)28-18(26)13-4-2-5-14(10-13)21-8-3-6-15(21)23/h2,4-5,10,12H,3,6-9,11H2,1H3,(H,20,25)/t12-/m0/s1. The van der Waals surface area contributed by atoms with E-state index in [1.165, 1.54) is 6.92 Å². The first-order chi connectivity index (χ1) is 13.9. The molecule has 154 valence electrons. The molecule has 2 saturated heterocycles.